The second-order valence-corrected chi connectivity index (χ2v) is 4.91. The zero-order valence-corrected chi connectivity index (χ0v) is 13.3. The number of hydrogen-bond acceptors (Lipinski definition) is 6. The fourth-order valence-electron chi connectivity index (χ4n) is 2.02. The number of ether oxygens (including phenoxy) is 2. The van der Waals surface area contributed by atoms with Crippen LogP contribution in [0.2, 0.25) is 0 Å². The number of nitrogens with one attached hydrogen (secondary N) is 1. The highest BCUT2D eigenvalue weighted by molar-refractivity contribution is 5.84. The van der Waals surface area contributed by atoms with Crippen LogP contribution >= 0.6 is 0 Å². The Hall–Kier alpha value is -3.22. The Labute approximate surface area is 139 Å². The van der Waals surface area contributed by atoms with Crippen LogP contribution in [0.25, 0.3) is 0 Å². The van der Waals surface area contributed by atoms with E-state index in [1.165, 1.54) is 25.5 Å². The fourth-order valence-corrected chi connectivity index (χ4v) is 2.02. The number of phenolic OH excluding ortho intramolecular Hbond substituents is 2. The van der Waals surface area contributed by atoms with Gasteiger partial charge in [-0.15, -0.1) is 0 Å². The molecule has 0 saturated heterocycles. The van der Waals surface area contributed by atoms with Gasteiger partial charge in [-0.25, -0.2) is 5.43 Å². The molecular formula is C17H18N2O5. The van der Waals surface area contributed by atoms with Gasteiger partial charge < -0.3 is 19.7 Å². The first-order valence-corrected chi connectivity index (χ1v) is 7.08. The van der Waals surface area contributed by atoms with Crippen molar-refractivity contribution in [1.82, 2.24) is 5.43 Å². The highest BCUT2D eigenvalue weighted by atomic mass is 16.5. The normalized spacial score (nSPS) is 10.6. The molecule has 126 valence electrons. The van der Waals surface area contributed by atoms with E-state index in [0.717, 1.165) is 5.56 Å². The molecule has 0 unspecified atom stereocenters. The minimum atomic E-state index is -0.304. The van der Waals surface area contributed by atoms with Crippen LogP contribution in [0, 0.1) is 0 Å². The van der Waals surface area contributed by atoms with Gasteiger partial charge in [0.15, 0.2) is 23.0 Å². The van der Waals surface area contributed by atoms with Crippen molar-refractivity contribution in [3.05, 3.63) is 47.5 Å². The Kier molecular flexibility index (Phi) is 5.62. The lowest BCUT2D eigenvalue weighted by Crippen LogP contribution is -2.19. The van der Waals surface area contributed by atoms with E-state index in [4.69, 9.17) is 9.47 Å². The number of methoxy groups -OCH3 is 2. The van der Waals surface area contributed by atoms with Crippen molar-refractivity contribution >= 4 is 12.1 Å². The van der Waals surface area contributed by atoms with Crippen LogP contribution in [0.4, 0.5) is 0 Å². The topological polar surface area (TPSA) is 100 Å². The van der Waals surface area contributed by atoms with Crippen LogP contribution in [-0.2, 0) is 11.2 Å². The van der Waals surface area contributed by atoms with Crippen molar-refractivity contribution in [1.29, 1.82) is 0 Å². The van der Waals surface area contributed by atoms with Gasteiger partial charge in [0, 0.05) is 0 Å². The molecule has 0 atom stereocenters. The maximum absolute atomic E-state index is 11.9. The summed E-state index contributed by atoms with van der Waals surface area (Å²) in [6, 6.07) is 9.44. The molecule has 0 spiro atoms. The fraction of sp³-hybridized carbons (Fsp3) is 0.176. The third-order valence-corrected chi connectivity index (χ3v) is 3.21. The Morgan fingerprint density at radius 3 is 2.50 bits per heavy atom. The Morgan fingerprint density at radius 1 is 1.08 bits per heavy atom. The lowest BCUT2D eigenvalue weighted by Gasteiger charge is -2.09. The van der Waals surface area contributed by atoms with E-state index in [2.05, 4.69) is 10.5 Å². The van der Waals surface area contributed by atoms with Crippen molar-refractivity contribution in [3.8, 4) is 23.0 Å². The molecule has 0 radical (unpaired) electrons. The lowest BCUT2D eigenvalue weighted by atomic mass is 10.1. The van der Waals surface area contributed by atoms with Gasteiger partial charge in [0.05, 0.1) is 26.9 Å². The Balaban J connectivity index is 1.95. The smallest absolute Gasteiger partial charge is 0.244 e. The number of carbonyl (C=O) groups is 1. The van der Waals surface area contributed by atoms with E-state index in [0.29, 0.717) is 17.1 Å². The van der Waals surface area contributed by atoms with Crippen molar-refractivity contribution in [2.45, 2.75) is 6.42 Å². The van der Waals surface area contributed by atoms with E-state index >= 15 is 0 Å². The highest BCUT2D eigenvalue weighted by Crippen LogP contribution is 2.27. The number of aromatic hydroxyl groups is 2. The monoisotopic (exact) mass is 330 g/mol. The van der Waals surface area contributed by atoms with Crippen LogP contribution < -0.4 is 14.9 Å². The average molecular weight is 330 g/mol. The summed E-state index contributed by atoms with van der Waals surface area (Å²) in [6.45, 7) is 0. The first kappa shape index (κ1) is 17.1. The standard InChI is InChI=1S/C17H18N2O5/c1-23-15-6-4-11(8-16(15)24-2)9-17(22)19-18-10-12-3-5-13(20)14(21)7-12/h3-8,10,20-21H,9H2,1-2H3,(H,19,22). The SMILES string of the molecule is COc1ccc(CC(=O)NN=Cc2ccc(O)c(O)c2)cc1OC. The summed E-state index contributed by atoms with van der Waals surface area (Å²) in [6.07, 6.45) is 1.49. The molecule has 2 aromatic rings. The molecule has 0 bridgehead atoms. The summed E-state index contributed by atoms with van der Waals surface area (Å²) in [5.41, 5.74) is 3.69. The van der Waals surface area contributed by atoms with Crippen molar-refractivity contribution in [2.24, 2.45) is 5.10 Å². The maximum atomic E-state index is 11.9. The molecule has 2 aromatic carbocycles. The molecule has 2 rings (SSSR count). The van der Waals surface area contributed by atoms with E-state index in [-0.39, 0.29) is 23.8 Å². The number of hydrazone groups is 1. The van der Waals surface area contributed by atoms with E-state index in [9.17, 15) is 15.0 Å². The second-order valence-electron chi connectivity index (χ2n) is 4.91. The van der Waals surface area contributed by atoms with Gasteiger partial charge in [-0.3, -0.25) is 4.79 Å². The predicted molar refractivity (Wildman–Crippen MR) is 88.8 cm³/mol. The third-order valence-electron chi connectivity index (χ3n) is 3.21. The van der Waals surface area contributed by atoms with Gasteiger partial charge in [0.25, 0.3) is 0 Å². The Bertz CT molecular complexity index is 759. The summed E-state index contributed by atoms with van der Waals surface area (Å²) >= 11 is 0. The number of benzene rings is 2. The quantitative estimate of drug-likeness (QED) is 0.426. The largest absolute Gasteiger partial charge is 0.504 e. The van der Waals surface area contributed by atoms with Crippen LogP contribution in [0.1, 0.15) is 11.1 Å². The molecule has 24 heavy (non-hydrogen) atoms. The van der Waals surface area contributed by atoms with E-state index < -0.39 is 0 Å². The van der Waals surface area contributed by atoms with Gasteiger partial charge in [-0.05, 0) is 41.5 Å². The molecular weight excluding hydrogens is 312 g/mol. The van der Waals surface area contributed by atoms with Crippen LogP contribution in [-0.4, -0.2) is 36.6 Å². The van der Waals surface area contributed by atoms with E-state index in [1.807, 2.05) is 0 Å². The summed E-state index contributed by atoms with van der Waals surface area (Å²) in [5, 5.41) is 22.4. The molecule has 0 heterocycles. The number of hydrogen-bond donors (Lipinski definition) is 3. The zero-order valence-electron chi connectivity index (χ0n) is 13.3. The minimum Gasteiger partial charge on any atom is -0.504 e. The maximum Gasteiger partial charge on any atom is 0.244 e. The summed E-state index contributed by atoms with van der Waals surface area (Å²) in [4.78, 5) is 11.9. The lowest BCUT2D eigenvalue weighted by molar-refractivity contribution is -0.120. The van der Waals surface area contributed by atoms with Gasteiger partial charge in [0.2, 0.25) is 5.91 Å². The van der Waals surface area contributed by atoms with Crippen molar-refractivity contribution in [3.63, 3.8) is 0 Å². The van der Waals surface area contributed by atoms with Gasteiger partial charge >= 0.3 is 0 Å². The van der Waals surface area contributed by atoms with E-state index in [1.54, 1.807) is 31.4 Å². The second kappa shape index (κ2) is 7.87. The molecule has 7 heteroatoms. The predicted octanol–water partition coefficient (Wildman–Crippen LogP) is 1.81. The van der Waals surface area contributed by atoms with Gasteiger partial charge in [0.1, 0.15) is 0 Å². The highest BCUT2D eigenvalue weighted by Gasteiger charge is 2.08. The number of phenols is 2. The Morgan fingerprint density at radius 2 is 1.83 bits per heavy atom. The summed E-state index contributed by atoms with van der Waals surface area (Å²) in [7, 11) is 3.07. The molecule has 0 aliphatic carbocycles. The van der Waals surface area contributed by atoms with Crippen LogP contribution in [0.3, 0.4) is 0 Å². The minimum absolute atomic E-state index is 0.124. The summed E-state index contributed by atoms with van der Waals surface area (Å²) < 4.78 is 10.3. The number of nitrogens with zero attached hydrogens (tertiary/aromatic N) is 1. The molecule has 7 nitrogen and oxygen atoms in total. The summed E-state index contributed by atoms with van der Waals surface area (Å²) in [5.74, 6) is 0.361. The van der Waals surface area contributed by atoms with Crippen molar-refractivity contribution in [2.75, 3.05) is 14.2 Å². The number of amides is 1. The van der Waals surface area contributed by atoms with Gasteiger partial charge in [-0.2, -0.15) is 5.10 Å². The van der Waals surface area contributed by atoms with Crippen molar-refractivity contribution < 1.29 is 24.5 Å². The molecule has 0 aromatic heterocycles. The molecule has 1 amide bonds. The third kappa shape index (κ3) is 4.39. The number of carbonyl (C=O) groups excluding carboxylic acids is 1. The zero-order chi connectivity index (χ0) is 17.5. The van der Waals surface area contributed by atoms with Gasteiger partial charge in [-0.1, -0.05) is 6.07 Å². The molecule has 0 saturated carbocycles. The molecule has 0 aliphatic heterocycles. The molecule has 0 aliphatic rings. The molecule has 3 N–H and O–H groups in total. The number of rotatable bonds is 6. The first-order valence-electron chi connectivity index (χ1n) is 7.08. The molecule has 0 fully saturated rings. The van der Waals surface area contributed by atoms with Crippen LogP contribution in [0.5, 0.6) is 23.0 Å². The first-order chi connectivity index (χ1) is 11.5. The van der Waals surface area contributed by atoms with Crippen LogP contribution in [0.15, 0.2) is 41.5 Å². The average Bonchev–Trinajstić information content (AvgIpc) is 2.58.